The smallest absolute Gasteiger partial charge is 0.251 e. The average Bonchev–Trinajstić information content (AvgIpc) is 2.80. The number of nitrogens with one attached hydrogen (secondary N) is 3. The van der Waals surface area contributed by atoms with E-state index < -0.39 is 39.1 Å². The number of halogens is 3. The number of hydrogen-bond acceptors (Lipinski definition) is 5. The third-order valence-corrected chi connectivity index (χ3v) is 7.56. The van der Waals surface area contributed by atoms with Gasteiger partial charge in [0.2, 0.25) is 5.91 Å². The first-order valence-corrected chi connectivity index (χ1v) is 13.1. The molecule has 3 N–H and O–H groups in total. The number of carbonyl (C=O) groups excluding carboxylic acids is 2. The summed E-state index contributed by atoms with van der Waals surface area (Å²) in [5, 5.41) is 8.96. The van der Waals surface area contributed by atoms with E-state index in [0.717, 1.165) is 17.7 Å². The normalized spacial score (nSPS) is 15.1. The van der Waals surface area contributed by atoms with E-state index in [2.05, 4.69) is 16.0 Å². The summed E-state index contributed by atoms with van der Waals surface area (Å²) < 4.78 is 38.6. The molecule has 2 amide bonds. The van der Waals surface area contributed by atoms with Gasteiger partial charge < -0.3 is 16.0 Å². The van der Waals surface area contributed by atoms with Crippen molar-refractivity contribution in [1.29, 1.82) is 0 Å². The van der Waals surface area contributed by atoms with Gasteiger partial charge in [-0.15, -0.1) is 0 Å². The highest BCUT2D eigenvalue weighted by atomic mass is 35.5. The Morgan fingerprint density at radius 1 is 1.00 bits per heavy atom. The van der Waals surface area contributed by atoms with Gasteiger partial charge in [0.25, 0.3) is 5.91 Å². The van der Waals surface area contributed by atoms with Crippen LogP contribution < -0.4 is 16.0 Å². The first kappa shape index (κ1) is 25.0. The highest BCUT2D eigenvalue weighted by molar-refractivity contribution is 7.90. The first-order chi connectivity index (χ1) is 16.6. The Labute approximate surface area is 211 Å². The molecular formula is C24H20Cl2FN3O4S. The Balaban J connectivity index is 1.41. The van der Waals surface area contributed by atoms with Crippen LogP contribution in [-0.2, 0) is 26.9 Å². The second kappa shape index (κ2) is 10.2. The minimum absolute atomic E-state index is 0.00171. The van der Waals surface area contributed by atoms with Gasteiger partial charge in [0, 0.05) is 22.2 Å². The molecule has 182 valence electrons. The molecule has 0 radical (unpaired) electrons. The molecule has 0 fully saturated rings. The summed E-state index contributed by atoms with van der Waals surface area (Å²) in [5.74, 6) is -2.38. The van der Waals surface area contributed by atoms with E-state index in [-0.39, 0.29) is 16.5 Å². The third-order valence-electron chi connectivity index (χ3n) is 5.36. The molecule has 1 heterocycles. The molecule has 3 aromatic carbocycles. The molecular weight excluding hydrogens is 516 g/mol. The molecule has 0 aromatic heterocycles. The summed E-state index contributed by atoms with van der Waals surface area (Å²) in [7, 11) is -3.77. The summed E-state index contributed by atoms with van der Waals surface area (Å²) >= 11 is 11.8. The third kappa shape index (κ3) is 6.30. The fourth-order valence-corrected chi connectivity index (χ4v) is 5.61. The molecule has 0 saturated heterocycles. The summed E-state index contributed by atoms with van der Waals surface area (Å²) in [4.78, 5) is 25.1. The SMILES string of the molecule is O=C(NCc1ccc(Cl)cc1)c1ccc2c(c1)NC(=O)[C@H](CS(=O)(=O)Cc1ccc(F)cc1Cl)N2. The maximum absolute atomic E-state index is 13.2. The van der Waals surface area contributed by atoms with Crippen LogP contribution in [0.3, 0.4) is 0 Å². The van der Waals surface area contributed by atoms with Gasteiger partial charge in [0.05, 0.1) is 22.9 Å². The predicted molar refractivity (Wildman–Crippen MR) is 134 cm³/mol. The number of anilines is 2. The van der Waals surface area contributed by atoms with E-state index >= 15 is 0 Å². The summed E-state index contributed by atoms with van der Waals surface area (Å²) in [6, 6.07) is 14.2. The molecule has 1 atom stereocenters. The number of hydrogen-bond donors (Lipinski definition) is 3. The Kier molecular flexibility index (Phi) is 7.30. The van der Waals surface area contributed by atoms with Gasteiger partial charge in [0.15, 0.2) is 9.84 Å². The largest absolute Gasteiger partial charge is 0.371 e. The zero-order valence-electron chi connectivity index (χ0n) is 18.1. The van der Waals surface area contributed by atoms with Gasteiger partial charge in [-0.2, -0.15) is 0 Å². The summed E-state index contributed by atoms with van der Waals surface area (Å²) in [5.41, 5.74) is 2.31. The molecule has 4 rings (SSSR count). The van der Waals surface area contributed by atoms with E-state index in [1.54, 1.807) is 36.4 Å². The fraction of sp³-hybridized carbons (Fsp3) is 0.167. The highest BCUT2D eigenvalue weighted by Crippen LogP contribution is 2.29. The zero-order valence-corrected chi connectivity index (χ0v) is 20.5. The van der Waals surface area contributed by atoms with Crippen molar-refractivity contribution in [3.8, 4) is 0 Å². The van der Waals surface area contributed by atoms with Gasteiger partial charge >= 0.3 is 0 Å². The van der Waals surface area contributed by atoms with Gasteiger partial charge in [-0.05, 0) is 53.6 Å². The number of carbonyl (C=O) groups is 2. The molecule has 0 bridgehead atoms. The van der Waals surface area contributed by atoms with Crippen LogP contribution in [0.15, 0.2) is 60.7 Å². The fourth-order valence-electron chi connectivity index (χ4n) is 3.58. The van der Waals surface area contributed by atoms with E-state index in [1.807, 2.05) is 0 Å². The van der Waals surface area contributed by atoms with Gasteiger partial charge in [-0.1, -0.05) is 41.4 Å². The van der Waals surface area contributed by atoms with Crippen LogP contribution in [0.5, 0.6) is 0 Å². The Bertz CT molecular complexity index is 1400. The molecule has 1 aliphatic heterocycles. The molecule has 3 aromatic rings. The minimum atomic E-state index is -3.77. The van der Waals surface area contributed by atoms with Crippen molar-refractivity contribution in [2.24, 2.45) is 0 Å². The maximum Gasteiger partial charge on any atom is 0.251 e. The lowest BCUT2D eigenvalue weighted by molar-refractivity contribution is -0.116. The highest BCUT2D eigenvalue weighted by Gasteiger charge is 2.31. The predicted octanol–water partition coefficient (Wildman–Crippen LogP) is 4.41. The number of rotatable bonds is 7. The van der Waals surface area contributed by atoms with Crippen LogP contribution in [-0.4, -0.2) is 32.0 Å². The van der Waals surface area contributed by atoms with Crippen molar-refractivity contribution in [1.82, 2.24) is 5.32 Å². The molecule has 0 saturated carbocycles. The van der Waals surface area contributed by atoms with Crippen LogP contribution >= 0.6 is 23.2 Å². The van der Waals surface area contributed by atoms with Crippen LogP contribution in [0.25, 0.3) is 0 Å². The molecule has 11 heteroatoms. The van der Waals surface area contributed by atoms with E-state index in [9.17, 15) is 22.4 Å². The summed E-state index contributed by atoms with van der Waals surface area (Å²) in [6.45, 7) is 0.301. The lowest BCUT2D eigenvalue weighted by Gasteiger charge is -2.27. The van der Waals surface area contributed by atoms with Crippen molar-refractivity contribution in [3.05, 3.63) is 93.2 Å². The molecule has 0 spiro atoms. The van der Waals surface area contributed by atoms with E-state index in [0.29, 0.717) is 28.5 Å². The molecule has 0 aliphatic carbocycles. The quantitative estimate of drug-likeness (QED) is 0.415. The van der Waals surface area contributed by atoms with E-state index in [4.69, 9.17) is 23.2 Å². The second-order valence-electron chi connectivity index (χ2n) is 8.05. The second-order valence-corrected chi connectivity index (χ2v) is 11.0. The molecule has 7 nitrogen and oxygen atoms in total. The monoisotopic (exact) mass is 535 g/mol. The minimum Gasteiger partial charge on any atom is -0.371 e. The first-order valence-electron chi connectivity index (χ1n) is 10.5. The molecule has 35 heavy (non-hydrogen) atoms. The average molecular weight is 536 g/mol. The van der Waals surface area contributed by atoms with E-state index in [1.165, 1.54) is 12.1 Å². The maximum atomic E-state index is 13.2. The van der Waals surface area contributed by atoms with Crippen LogP contribution in [0.1, 0.15) is 21.5 Å². The molecule has 1 aliphatic rings. The van der Waals surface area contributed by atoms with Gasteiger partial charge in [-0.3, -0.25) is 9.59 Å². The topological polar surface area (TPSA) is 104 Å². The van der Waals surface area contributed by atoms with Crippen LogP contribution in [0.2, 0.25) is 10.0 Å². The van der Waals surface area contributed by atoms with Crippen molar-refractivity contribution in [2.45, 2.75) is 18.3 Å². The Morgan fingerprint density at radius 2 is 1.74 bits per heavy atom. The van der Waals surface area contributed by atoms with Gasteiger partial charge in [-0.25, -0.2) is 12.8 Å². The number of benzene rings is 3. The van der Waals surface area contributed by atoms with Crippen molar-refractivity contribution in [2.75, 3.05) is 16.4 Å². The lowest BCUT2D eigenvalue weighted by atomic mass is 10.1. The van der Waals surface area contributed by atoms with Crippen LogP contribution in [0.4, 0.5) is 15.8 Å². The van der Waals surface area contributed by atoms with Crippen molar-refractivity contribution >= 4 is 56.2 Å². The number of fused-ring (bicyclic) bond motifs is 1. The Hall–Kier alpha value is -3.14. The Morgan fingerprint density at radius 3 is 2.46 bits per heavy atom. The standard InChI is InChI=1S/C24H20Cl2FN3O4S/c25-17-5-1-14(2-6-17)11-28-23(31)15-4-8-20-21(9-15)30-24(32)22(29-20)13-35(33,34)12-16-3-7-18(27)10-19(16)26/h1-10,22,29H,11-13H2,(H,28,31)(H,30,32)/t22-/m0/s1. The number of amides is 2. The van der Waals surface area contributed by atoms with Crippen molar-refractivity contribution < 1.29 is 22.4 Å². The van der Waals surface area contributed by atoms with Crippen LogP contribution in [0, 0.1) is 5.82 Å². The zero-order chi connectivity index (χ0) is 25.2. The van der Waals surface area contributed by atoms with Gasteiger partial charge in [0.1, 0.15) is 11.9 Å². The molecule has 0 unspecified atom stereocenters. The van der Waals surface area contributed by atoms with Crippen molar-refractivity contribution in [3.63, 3.8) is 0 Å². The number of sulfone groups is 1. The summed E-state index contributed by atoms with van der Waals surface area (Å²) in [6.07, 6.45) is 0. The lowest BCUT2D eigenvalue weighted by Crippen LogP contribution is -2.43.